The predicted octanol–water partition coefficient (Wildman–Crippen LogP) is 3.80. The molecule has 0 bridgehead atoms. The number of amides is 1. The number of nitrogens with zero attached hydrogens (tertiary/aromatic N) is 2. The molecule has 1 aromatic carbocycles. The Hall–Kier alpha value is -2.10. The van der Waals surface area contributed by atoms with Crippen LogP contribution >= 0.6 is 0 Å². The average Bonchev–Trinajstić information content (AvgIpc) is 2.85. The van der Waals surface area contributed by atoms with Crippen LogP contribution in [0.4, 0.5) is 0 Å². The van der Waals surface area contributed by atoms with Gasteiger partial charge in [0.25, 0.3) is 5.91 Å². The smallest absolute Gasteiger partial charge is 0.255 e. The zero-order valence-corrected chi connectivity index (χ0v) is 14.2. The van der Waals surface area contributed by atoms with Crippen LogP contribution in [0.25, 0.3) is 5.69 Å². The lowest BCUT2D eigenvalue weighted by Gasteiger charge is -2.29. The third-order valence-electron chi connectivity index (χ3n) is 4.95. The van der Waals surface area contributed by atoms with Crippen LogP contribution in [0.1, 0.15) is 54.4 Å². The molecule has 2 unspecified atom stereocenters. The Bertz CT molecular complexity index is 690. The van der Waals surface area contributed by atoms with Crippen LogP contribution in [0.15, 0.2) is 30.3 Å². The third kappa shape index (κ3) is 3.16. The molecule has 1 aliphatic rings. The molecule has 4 nitrogen and oxygen atoms in total. The quantitative estimate of drug-likeness (QED) is 0.937. The van der Waals surface area contributed by atoms with Crippen LogP contribution in [-0.2, 0) is 0 Å². The number of carbonyl (C=O) groups excluding carboxylic acids is 1. The van der Waals surface area contributed by atoms with Gasteiger partial charge in [-0.05, 0) is 44.7 Å². The summed E-state index contributed by atoms with van der Waals surface area (Å²) in [6.07, 6.45) is 4.76. The molecule has 23 heavy (non-hydrogen) atoms. The van der Waals surface area contributed by atoms with Gasteiger partial charge >= 0.3 is 0 Å². The highest BCUT2D eigenvalue weighted by atomic mass is 16.1. The van der Waals surface area contributed by atoms with E-state index in [2.05, 4.69) is 17.3 Å². The summed E-state index contributed by atoms with van der Waals surface area (Å²) in [6, 6.07) is 10.2. The first-order valence-corrected chi connectivity index (χ1v) is 8.50. The Morgan fingerprint density at radius 1 is 1.17 bits per heavy atom. The fourth-order valence-electron chi connectivity index (χ4n) is 3.56. The Labute approximate surface area is 137 Å². The van der Waals surface area contributed by atoms with E-state index in [0.29, 0.717) is 11.5 Å². The lowest BCUT2D eigenvalue weighted by atomic mass is 9.86. The molecule has 1 aromatic heterocycles. The van der Waals surface area contributed by atoms with Crippen molar-refractivity contribution in [1.82, 2.24) is 15.1 Å². The van der Waals surface area contributed by atoms with Crippen molar-refractivity contribution >= 4 is 5.91 Å². The van der Waals surface area contributed by atoms with Gasteiger partial charge in [0, 0.05) is 6.04 Å². The van der Waals surface area contributed by atoms with E-state index in [1.807, 2.05) is 48.9 Å². The molecule has 0 radical (unpaired) electrons. The normalized spacial score (nSPS) is 21.2. The van der Waals surface area contributed by atoms with Crippen LogP contribution in [0, 0.1) is 19.8 Å². The van der Waals surface area contributed by atoms with Gasteiger partial charge in [0.15, 0.2) is 0 Å². The highest BCUT2D eigenvalue weighted by molar-refractivity contribution is 5.96. The first-order chi connectivity index (χ1) is 11.1. The van der Waals surface area contributed by atoms with Gasteiger partial charge in [-0.1, -0.05) is 38.0 Å². The number of rotatable bonds is 3. The van der Waals surface area contributed by atoms with E-state index in [-0.39, 0.29) is 11.9 Å². The fourth-order valence-corrected chi connectivity index (χ4v) is 3.56. The van der Waals surface area contributed by atoms with Crippen LogP contribution < -0.4 is 5.32 Å². The second-order valence-corrected chi connectivity index (χ2v) is 6.63. The Morgan fingerprint density at radius 3 is 2.57 bits per heavy atom. The maximum Gasteiger partial charge on any atom is 0.255 e. The number of para-hydroxylation sites is 1. The number of aryl methyl sites for hydroxylation is 1. The van der Waals surface area contributed by atoms with Crippen molar-refractivity contribution in [2.75, 3.05) is 0 Å². The molecule has 1 aliphatic carbocycles. The molecule has 1 amide bonds. The molecular formula is C19H25N3O. The van der Waals surface area contributed by atoms with Crippen molar-refractivity contribution in [2.45, 2.75) is 52.5 Å². The highest BCUT2D eigenvalue weighted by Gasteiger charge is 2.26. The maximum absolute atomic E-state index is 12.8. The largest absolute Gasteiger partial charge is 0.349 e. The summed E-state index contributed by atoms with van der Waals surface area (Å²) in [5.41, 5.74) is 3.38. The molecule has 0 saturated heterocycles. The topological polar surface area (TPSA) is 46.9 Å². The summed E-state index contributed by atoms with van der Waals surface area (Å²) in [7, 11) is 0. The first kappa shape index (κ1) is 15.8. The monoisotopic (exact) mass is 311 g/mol. The molecule has 1 fully saturated rings. The van der Waals surface area contributed by atoms with Crippen LogP contribution in [0.3, 0.4) is 0 Å². The van der Waals surface area contributed by atoms with Gasteiger partial charge in [-0.3, -0.25) is 4.79 Å². The molecule has 3 rings (SSSR count). The summed E-state index contributed by atoms with van der Waals surface area (Å²) < 4.78 is 1.86. The van der Waals surface area contributed by atoms with Gasteiger partial charge in [-0.2, -0.15) is 5.10 Å². The van der Waals surface area contributed by atoms with Gasteiger partial charge < -0.3 is 5.32 Å². The Balaban J connectivity index is 1.85. The summed E-state index contributed by atoms with van der Waals surface area (Å²) in [4.78, 5) is 12.8. The van der Waals surface area contributed by atoms with E-state index in [4.69, 9.17) is 0 Å². The van der Waals surface area contributed by atoms with Crippen molar-refractivity contribution in [3.63, 3.8) is 0 Å². The van der Waals surface area contributed by atoms with Crippen molar-refractivity contribution in [1.29, 1.82) is 0 Å². The second-order valence-electron chi connectivity index (χ2n) is 6.63. The number of hydrogen-bond acceptors (Lipinski definition) is 2. The van der Waals surface area contributed by atoms with Gasteiger partial charge in [-0.15, -0.1) is 0 Å². The second kappa shape index (κ2) is 6.57. The molecule has 4 heteroatoms. The zero-order valence-electron chi connectivity index (χ0n) is 14.2. The van der Waals surface area contributed by atoms with Gasteiger partial charge in [0.05, 0.1) is 22.6 Å². The lowest BCUT2D eigenvalue weighted by molar-refractivity contribution is 0.0909. The van der Waals surface area contributed by atoms with E-state index in [9.17, 15) is 4.79 Å². The van der Waals surface area contributed by atoms with Crippen molar-refractivity contribution in [2.24, 2.45) is 5.92 Å². The van der Waals surface area contributed by atoms with E-state index in [1.54, 1.807) is 0 Å². The van der Waals surface area contributed by atoms with Crippen LogP contribution in [0.2, 0.25) is 0 Å². The zero-order chi connectivity index (χ0) is 16.4. The number of nitrogens with one attached hydrogen (secondary N) is 1. The first-order valence-electron chi connectivity index (χ1n) is 8.50. The summed E-state index contributed by atoms with van der Waals surface area (Å²) >= 11 is 0. The highest BCUT2D eigenvalue weighted by Crippen LogP contribution is 2.25. The van der Waals surface area contributed by atoms with Gasteiger partial charge in [0.2, 0.25) is 0 Å². The predicted molar refractivity (Wildman–Crippen MR) is 91.9 cm³/mol. The number of hydrogen-bond donors (Lipinski definition) is 1. The molecule has 0 spiro atoms. The minimum atomic E-state index is 0.0148. The maximum atomic E-state index is 12.8. The molecule has 1 saturated carbocycles. The van der Waals surface area contributed by atoms with Crippen LogP contribution in [-0.4, -0.2) is 21.7 Å². The Kier molecular flexibility index (Phi) is 4.51. The fraction of sp³-hybridized carbons (Fsp3) is 0.474. The summed E-state index contributed by atoms with van der Waals surface area (Å²) in [6.45, 7) is 6.11. The minimum absolute atomic E-state index is 0.0148. The molecule has 1 N–H and O–H groups in total. The minimum Gasteiger partial charge on any atom is -0.349 e. The number of aromatic nitrogens is 2. The lowest BCUT2D eigenvalue weighted by Crippen LogP contribution is -2.41. The molecule has 2 atom stereocenters. The van der Waals surface area contributed by atoms with Crippen molar-refractivity contribution in [3.8, 4) is 5.69 Å². The number of carbonyl (C=O) groups is 1. The SMILES string of the molecule is Cc1nn(-c2ccccc2)c(C)c1C(=O)NC1CCCCC1C. The standard InChI is InChI=1S/C19H25N3O/c1-13-9-7-8-12-17(13)20-19(23)18-14(2)21-22(15(18)3)16-10-5-4-6-11-16/h4-6,10-11,13,17H,7-9,12H2,1-3H3,(H,20,23). The summed E-state index contributed by atoms with van der Waals surface area (Å²) in [5, 5.41) is 7.81. The van der Waals surface area contributed by atoms with E-state index >= 15 is 0 Å². The number of benzene rings is 1. The molecule has 122 valence electrons. The van der Waals surface area contributed by atoms with E-state index in [0.717, 1.165) is 23.5 Å². The van der Waals surface area contributed by atoms with Gasteiger partial charge in [0.1, 0.15) is 0 Å². The van der Waals surface area contributed by atoms with Gasteiger partial charge in [-0.25, -0.2) is 4.68 Å². The average molecular weight is 311 g/mol. The third-order valence-corrected chi connectivity index (χ3v) is 4.95. The molecule has 0 aliphatic heterocycles. The molecule has 2 aromatic rings. The molecule has 1 heterocycles. The van der Waals surface area contributed by atoms with E-state index < -0.39 is 0 Å². The Morgan fingerprint density at radius 2 is 1.87 bits per heavy atom. The summed E-state index contributed by atoms with van der Waals surface area (Å²) in [5.74, 6) is 0.568. The molecular weight excluding hydrogens is 286 g/mol. The van der Waals surface area contributed by atoms with Crippen molar-refractivity contribution < 1.29 is 4.79 Å². The van der Waals surface area contributed by atoms with Crippen LogP contribution in [0.5, 0.6) is 0 Å². The van der Waals surface area contributed by atoms with Crippen molar-refractivity contribution in [3.05, 3.63) is 47.3 Å². The van der Waals surface area contributed by atoms with E-state index in [1.165, 1.54) is 19.3 Å².